The molecule has 3 rings (SSSR count). The molecular formula is C13H12N4S. The fourth-order valence-electron chi connectivity index (χ4n) is 1.85. The number of pyridine rings is 1. The minimum Gasteiger partial charge on any atom is -0.372 e. The Morgan fingerprint density at radius 3 is 3.00 bits per heavy atom. The van der Waals surface area contributed by atoms with Crippen LogP contribution in [0.3, 0.4) is 0 Å². The minimum atomic E-state index is 0.705. The quantitative estimate of drug-likeness (QED) is 0.783. The van der Waals surface area contributed by atoms with Crippen LogP contribution in [0.4, 0.5) is 5.82 Å². The summed E-state index contributed by atoms with van der Waals surface area (Å²) in [5, 5.41) is 6.24. The largest absolute Gasteiger partial charge is 0.372 e. The zero-order valence-corrected chi connectivity index (χ0v) is 10.7. The van der Waals surface area contributed by atoms with Gasteiger partial charge in [0.2, 0.25) is 0 Å². The van der Waals surface area contributed by atoms with Crippen molar-refractivity contribution in [1.82, 2.24) is 15.0 Å². The molecule has 0 aromatic carbocycles. The second kappa shape index (κ2) is 4.70. The van der Waals surface area contributed by atoms with Crippen molar-refractivity contribution < 1.29 is 0 Å². The van der Waals surface area contributed by atoms with E-state index in [1.807, 2.05) is 36.8 Å². The Hall–Kier alpha value is -2.01. The van der Waals surface area contributed by atoms with Crippen LogP contribution in [-0.4, -0.2) is 22.0 Å². The molecule has 3 aromatic rings. The predicted octanol–water partition coefficient (Wildman–Crippen LogP) is 2.72. The third kappa shape index (κ3) is 2.04. The van der Waals surface area contributed by atoms with E-state index in [0.717, 1.165) is 27.4 Å². The van der Waals surface area contributed by atoms with E-state index in [1.165, 1.54) is 0 Å². The van der Waals surface area contributed by atoms with Gasteiger partial charge in [-0.25, -0.2) is 9.97 Å². The van der Waals surface area contributed by atoms with E-state index in [2.05, 4.69) is 20.3 Å². The molecule has 0 saturated carbocycles. The highest BCUT2D eigenvalue weighted by molar-refractivity contribution is 7.16. The third-order valence-corrected chi connectivity index (χ3v) is 3.50. The molecule has 1 N–H and O–H groups in total. The van der Waals surface area contributed by atoms with Gasteiger partial charge >= 0.3 is 0 Å². The second-order valence-electron chi connectivity index (χ2n) is 3.92. The van der Waals surface area contributed by atoms with Crippen LogP contribution in [0.2, 0.25) is 0 Å². The standard InChI is InChI=1S/C13H12N4S/c1-14-12-10-4-6-18-13(10)17-11(16-12)7-9-3-2-5-15-8-9/h2-6,8H,7H2,1H3,(H,14,16,17). The third-order valence-electron chi connectivity index (χ3n) is 2.69. The molecule has 5 heteroatoms. The van der Waals surface area contributed by atoms with Crippen molar-refractivity contribution in [2.75, 3.05) is 12.4 Å². The van der Waals surface area contributed by atoms with Crippen molar-refractivity contribution >= 4 is 27.4 Å². The molecule has 0 aliphatic carbocycles. The van der Waals surface area contributed by atoms with Crippen LogP contribution in [0, 0.1) is 0 Å². The van der Waals surface area contributed by atoms with Crippen molar-refractivity contribution in [1.29, 1.82) is 0 Å². The Morgan fingerprint density at radius 1 is 1.28 bits per heavy atom. The number of nitrogens with zero attached hydrogens (tertiary/aromatic N) is 3. The lowest BCUT2D eigenvalue weighted by Crippen LogP contribution is -2.01. The smallest absolute Gasteiger partial charge is 0.138 e. The normalized spacial score (nSPS) is 10.7. The van der Waals surface area contributed by atoms with Gasteiger partial charge in [-0.1, -0.05) is 6.07 Å². The molecule has 0 bridgehead atoms. The molecule has 0 atom stereocenters. The Labute approximate surface area is 109 Å². The molecule has 0 fully saturated rings. The van der Waals surface area contributed by atoms with Crippen LogP contribution in [0.5, 0.6) is 0 Å². The molecule has 0 spiro atoms. The summed E-state index contributed by atoms with van der Waals surface area (Å²) in [5.74, 6) is 1.71. The molecule has 0 aliphatic heterocycles. The van der Waals surface area contributed by atoms with Gasteiger partial charge < -0.3 is 5.32 Å². The molecule has 18 heavy (non-hydrogen) atoms. The summed E-state index contributed by atoms with van der Waals surface area (Å²) in [6.45, 7) is 0. The van der Waals surface area contributed by atoms with Crippen molar-refractivity contribution in [2.45, 2.75) is 6.42 Å². The fraction of sp³-hybridized carbons (Fsp3) is 0.154. The average Bonchev–Trinajstić information content (AvgIpc) is 2.87. The lowest BCUT2D eigenvalue weighted by Gasteiger charge is -2.05. The van der Waals surface area contributed by atoms with Crippen molar-refractivity contribution in [3.05, 3.63) is 47.4 Å². The molecular weight excluding hydrogens is 244 g/mol. The summed E-state index contributed by atoms with van der Waals surface area (Å²) in [6, 6.07) is 6.01. The van der Waals surface area contributed by atoms with Gasteiger partial charge in [0, 0.05) is 25.9 Å². The van der Waals surface area contributed by atoms with Crippen LogP contribution in [-0.2, 0) is 6.42 Å². The number of hydrogen-bond donors (Lipinski definition) is 1. The highest BCUT2D eigenvalue weighted by Gasteiger charge is 2.08. The molecule has 90 valence electrons. The average molecular weight is 256 g/mol. The first-order valence-corrected chi connectivity index (χ1v) is 6.55. The molecule has 0 aliphatic rings. The zero-order chi connectivity index (χ0) is 12.4. The molecule has 0 radical (unpaired) electrons. The highest BCUT2D eigenvalue weighted by Crippen LogP contribution is 2.25. The van der Waals surface area contributed by atoms with Gasteiger partial charge in [0.1, 0.15) is 16.5 Å². The first-order valence-electron chi connectivity index (χ1n) is 5.67. The van der Waals surface area contributed by atoms with E-state index in [9.17, 15) is 0 Å². The van der Waals surface area contributed by atoms with Crippen molar-refractivity contribution in [3.63, 3.8) is 0 Å². The number of fused-ring (bicyclic) bond motifs is 1. The zero-order valence-electron chi connectivity index (χ0n) is 9.92. The van der Waals surface area contributed by atoms with E-state index >= 15 is 0 Å². The molecule has 3 heterocycles. The fourth-order valence-corrected chi connectivity index (χ4v) is 2.64. The van der Waals surface area contributed by atoms with E-state index in [1.54, 1.807) is 17.5 Å². The first-order chi connectivity index (χ1) is 8.86. The van der Waals surface area contributed by atoms with Gasteiger partial charge in [0.15, 0.2) is 0 Å². The summed E-state index contributed by atoms with van der Waals surface area (Å²) in [5.41, 5.74) is 1.12. The van der Waals surface area contributed by atoms with Crippen LogP contribution in [0.25, 0.3) is 10.2 Å². The monoisotopic (exact) mass is 256 g/mol. The van der Waals surface area contributed by atoms with Gasteiger partial charge in [-0.2, -0.15) is 0 Å². The first kappa shape index (κ1) is 11.1. The van der Waals surface area contributed by atoms with Crippen molar-refractivity contribution in [2.24, 2.45) is 0 Å². The second-order valence-corrected chi connectivity index (χ2v) is 4.81. The highest BCUT2D eigenvalue weighted by atomic mass is 32.1. The molecule has 4 nitrogen and oxygen atoms in total. The van der Waals surface area contributed by atoms with Gasteiger partial charge in [-0.15, -0.1) is 11.3 Å². The van der Waals surface area contributed by atoms with Crippen LogP contribution < -0.4 is 5.32 Å². The Bertz CT molecular complexity index is 663. The van der Waals surface area contributed by atoms with Crippen LogP contribution >= 0.6 is 11.3 Å². The summed E-state index contributed by atoms with van der Waals surface area (Å²) in [7, 11) is 1.88. The van der Waals surface area contributed by atoms with E-state index < -0.39 is 0 Å². The summed E-state index contributed by atoms with van der Waals surface area (Å²) < 4.78 is 0. The lowest BCUT2D eigenvalue weighted by molar-refractivity contribution is 0.988. The number of aromatic nitrogens is 3. The maximum Gasteiger partial charge on any atom is 0.138 e. The van der Waals surface area contributed by atoms with Crippen LogP contribution in [0.15, 0.2) is 36.0 Å². The molecule has 0 amide bonds. The van der Waals surface area contributed by atoms with Crippen molar-refractivity contribution in [3.8, 4) is 0 Å². The topological polar surface area (TPSA) is 50.7 Å². The van der Waals surface area contributed by atoms with Gasteiger partial charge in [-0.3, -0.25) is 4.98 Å². The molecule has 0 unspecified atom stereocenters. The number of thiophene rings is 1. The maximum absolute atomic E-state index is 4.58. The number of hydrogen-bond acceptors (Lipinski definition) is 5. The number of nitrogens with one attached hydrogen (secondary N) is 1. The Balaban J connectivity index is 2.02. The van der Waals surface area contributed by atoms with Crippen LogP contribution in [0.1, 0.15) is 11.4 Å². The van der Waals surface area contributed by atoms with Gasteiger partial charge in [-0.05, 0) is 23.1 Å². The van der Waals surface area contributed by atoms with Gasteiger partial charge in [0.05, 0.1) is 5.39 Å². The Morgan fingerprint density at radius 2 is 2.22 bits per heavy atom. The Kier molecular flexibility index (Phi) is 2.90. The maximum atomic E-state index is 4.58. The molecule has 0 saturated heterocycles. The van der Waals surface area contributed by atoms with E-state index in [0.29, 0.717) is 6.42 Å². The lowest BCUT2D eigenvalue weighted by atomic mass is 10.2. The minimum absolute atomic E-state index is 0.705. The van der Waals surface area contributed by atoms with E-state index in [-0.39, 0.29) is 0 Å². The number of rotatable bonds is 3. The number of anilines is 1. The van der Waals surface area contributed by atoms with Gasteiger partial charge in [0.25, 0.3) is 0 Å². The predicted molar refractivity (Wildman–Crippen MR) is 74.0 cm³/mol. The SMILES string of the molecule is CNc1nc(Cc2cccnc2)nc2sccc12. The van der Waals surface area contributed by atoms with E-state index in [4.69, 9.17) is 0 Å². The summed E-state index contributed by atoms with van der Waals surface area (Å²) in [4.78, 5) is 14.3. The molecule has 3 aromatic heterocycles. The summed E-state index contributed by atoms with van der Waals surface area (Å²) >= 11 is 1.63. The summed E-state index contributed by atoms with van der Waals surface area (Å²) in [6.07, 6.45) is 4.32.